The predicted molar refractivity (Wildman–Crippen MR) is 149 cm³/mol. The molecule has 2 aliphatic heterocycles. The summed E-state index contributed by atoms with van der Waals surface area (Å²) in [5.74, 6) is 0.418. The van der Waals surface area contributed by atoms with E-state index in [9.17, 15) is 9.59 Å². The molecular formula is C29H35N3O4S. The van der Waals surface area contributed by atoms with Gasteiger partial charge in [-0.15, -0.1) is 0 Å². The van der Waals surface area contributed by atoms with Gasteiger partial charge in [-0.1, -0.05) is 56.8 Å². The fourth-order valence-electron chi connectivity index (χ4n) is 4.48. The molecular weight excluding hydrogens is 486 g/mol. The van der Waals surface area contributed by atoms with Crippen LogP contribution in [0.5, 0.6) is 0 Å². The average molecular weight is 522 g/mol. The molecule has 0 aliphatic carbocycles. The fourth-order valence-corrected chi connectivity index (χ4v) is 5.50. The number of hydrogen-bond acceptors (Lipinski definition) is 7. The number of amidine groups is 1. The van der Waals surface area contributed by atoms with Crippen molar-refractivity contribution in [3.05, 3.63) is 76.5 Å². The smallest absolute Gasteiger partial charge is 0.338 e. The molecule has 1 amide bonds. The monoisotopic (exact) mass is 521 g/mol. The standard InChI is InChI=1S/C29H35N3O4S/c1-19-24(27(34)36-16-15-35-5)25(32-14-7-17-37-28(32)30-19)21-8-6-9-23(18-21)31-26(33)20-10-12-22(13-11-20)29(2,3)4/h6,8-13,18,25H,7,14-17H2,1-5H3,(H,31,33). The number of nitrogens with one attached hydrogen (secondary N) is 1. The molecule has 2 heterocycles. The average Bonchev–Trinajstić information content (AvgIpc) is 2.87. The van der Waals surface area contributed by atoms with Gasteiger partial charge in [0.15, 0.2) is 5.17 Å². The van der Waals surface area contributed by atoms with E-state index in [1.54, 1.807) is 18.9 Å². The Morgan fingerprint density at radius 3 is 2.59 bits per heavy atom. The number of aliphatic imine (C=N–C) groups is 1. The van der Waals surface area contributed by atoms with Crippen LogP contribution in [0.1, 0.15) is 61.6 Å². The lowest BCUT2D eigenvalue weighted by Crippen LogP contribution is -2.42. The van der Waals surface area contributed by atoms with Crippen LogP contribution in [0.4, 0.5) is 5.69 Å². The number of nitrogens with zero attached hydrogens (tertiary/aromatic N) is 2. The summed E-state index contributed by atoms with van der Waals surface area (Å²) in [5, 5.41) is 3.94. The Kier molecular flexibility index (Phi) is 8.39. The largest absolute Gasteiger partial charge is 0.460 e. The molecule has 1 atom stereocenters. The Bertz CT molecular complexity index is 1210. The molecule has 1 N–H and O–H groups in total. The minimum absolute atomic E-state index is 0.0201. The molecule has 0 radical (unpaired) electrons. The van der Waals surface area contributed by atoms with Crippen LogP contribution in [0.3, 0.4) is 0 Å². The molecule has 2 aromatic rings. The van der Waals surface area contributed by atoms with E-state index in [-0.39, 0.29) is 24.0 Å². The maximum atomic E-state index is 13.2. The van der Waals surface area contributed by atoms with Gasteiger partial charge in [0.25, 0.3) is 5.91 Å². The summed E-state index contributed by atoms with van der Waals surface area (Å²) >= 11 is 1.70. The van der Waals surface area contributed by atoms with E-state index in [0.29, 0.717) is 29.1 Å². The molecule has 37 heavy (non-hydrogen) atoms. The Balaban J connectivity index is 1.61. The van der Waals surface area contributed by atoms with Crippen molar-refractivity contribution in [3.8, 4) is 0 Å². The van der Waals surface area contributed by atoms with Crippen LogP contribution in [0.2, 0.25) is 0 Å². The number of thioether (sulfide) groups is 1. The Labute approximate surface area is 223 Å². The second kappa shape index (κ2) is 11.5. The van der Waals surface area contributed by atoms with Crippen molar-refractivity contribution >= 4 is 34.5 Å². The number of esters is 1. The van der Waals surface area contributed by atoms with E-state index in [4.69, 9.17) is 14.5 Å². The molecule has 4 rings (SSSR count). The molecule has 8 heteroatoms. The van der Waals surface area contributed by atoms with Gasteiger partial charge >= 0.3 is 5.97 Å². The molecule has 0 spiro atoms. The first-order valence-electron chi connectivity index (χ1n) is 12.6. The highest BCUT2D eigenvalue weighted by molar-refractivity contribution is 8.13. The van der Waals surface area contributed by atoms with E-state index in [2.05, 4.69) is 31.0 Å². The maximum Gasteiger partial charge on any atom is 0.338 e. The number of allylic oxidation sites excluding steroid dienone is 1. The third-order valence-electron chi connectivity index (χ3n) is 6.47. The van der Waals surface area contributed by atoms with E-state index in [1.165, 1.54) is 5.56 Å². The van der Waals surface area contributed by atoms with E-state index < -0.39 is 5.97 Å². The van der Waals surface area contributed by atoms with Gasteiger partial charge in [-0.05, 0) is 54.2 Å². The minimum atomic E-state index is -0.397. The second-order valence-electron chi connectivity index (χ2n) is 10.2. The van der Waals surface area contributed by atoms with Crippen LogP contribution in [-0.2, 0) is 19.7 Å². The summed E-state index contributed by atoms with van der Waals surface area (Å²) in [7, 11) is 1.57. The van der Waals surface area contributed by atoms with Crippen molar-refractivity contribution < 1.29 is 19.1 Å². The van der Waals surface area contributed by atoms with Crippen molar-refractivity contribution in [2.45, 2.75) is 45.6 Å². The highest BCUT2D eigenvalue weighted by Gasteiger charge is 2.38. The number of hydrogen-bond donors (Lipinski definition) is 1. The molecule has 2 aliphatic rings. The van der Waals surface area contributed by atoms with Crippen molar-refractivity contribution in [2.75, 3.05) is 37.9 Å². The van der Waals surface area contributed by atoms with E-state index in [1.807, 2.05) is 55.5 Å². The van der Waals surface area contributed by atoms with Crippen LogP contribution < -0.4 is 5.32 Å². The highest BCUT2D eigenvalue weighted by atomic mass is 32.2. The molecule has 2 aromatic carbocycles. The summed E-state index contributed by atoms with van der Waals surface area (Å²) in [6.07, 6.45) is 0.992. The Morgan fingerprint density at radius 2 is 1.89 bits per heavy atom. The number of benzene rings is 2. The number of carbonyl (C=O) groups is 2. The van der Waals surface area contributed by atoms with E-state index in [0.717, 1.165) is 29.4 Å². The SMILES string of the molecule is COCCOC(=O)C1=C(C)N=C2SCCCN2C1c1cccc(NC(=O)c2ccc(C(C)(C)C)cc2)c1. The van der Waals surface area contributed by atoms with Crippen molar-refractivity contribution in [1.82, 2.24) is 4.90 Å². The maximum absolute atomic E-state index is 13.2. The number of amides is 1. The lowest BCUT2D eigenvalue weighted by atomic mass is 9.86. The first-order valence-corrected chi connectivity index (χ1v) is 13.5. The number of rotatable bonds is 7. The summed E-state index contributed by atoms with van der Waals surface area (Å²) < 4.78 is 10.6. The van der Waals surface area contributed by atoms with E-state index >= 15 is 0 Å². The highest BCUT2D eigenvalue weighted by Crippen LogP contribution is 2.40. The quantitative estimate of drug-likeness (QED) is 0.380. The van der Waals surface area contributed by atoms with Crippen molar-refractivity contribution in [2.24, 2.45) is 4.99 Å². The van der Waals surface area contributed by atoms with Gasteiger partial charge in [0.2, 0.25) is 0 Å². The van der Waals surface area contributed by atoms with Crippen LogP contribution in [-0.4, -0.2) is 54.6 Å². The zero-order valence-electron chi connectivity index (χ0n) is 22.2. The van der Waals surface area contributed by atoms with Gasteiger partial charge in [-0.25, -0.2) is 9.79 Å². The summed E-state index contributed by atoms with van der Waals surface area (Å²) in [6.45, 7) is 9.58. The predicted octanol–water partition coefficient (Wildman–Crippen LogP) is 5.55. The van der Waals surface area contributed by atoms with Crippen LogP contribution >= 0.6 is 11.8 Å². The van der Waals surface area contributed by atoms with Gasteiger partial charge in [0, 0.05) is 30.7 Å². The number of ether oxygens (including phenoxy) is 2. The summed E-state index contributed by atoms with van der Waals surface area (Å²) in [6, 6.07) is 15.0. The third-order valence-corrected chi connectivity index (χ3v) is 7.55. The number of anilines is 1. The van der Waals surface area contributed by atoms with Gasteiger partial charge < -0.3 is 19.7 Å². The number of methoxy groups -OCH3 is 1. The summed E-state index contributed by atoms with van der Waals surface area (Å²) in [5.41, 5.74) is 4.52. The first-order chi connectivity index (χ1) is 17.7. The topological polar surface area (TPSA) is 80.2 Å². The zero-order valence-corrected chi connectivity index (χ0v) is 23.0. The molecule has 7 nitrogen and oxygen atoms in total. The lowest BCUT2D eigenvalue weighted by Gasteiger charge is -2.40. The van der Waals surface area contributed by atoms with Crippen LogP contribution in [0, 0.1) is 0 Å². The van der Waals surface area contributed by atoms with Gasteiger partial charge in [-0.3, -0.25) is 4.79 Å². The van der Waals surface area contributed by atoms with Crippen LogP contribution in [0.25, 0.3) is 0 Å². The molecule has 0 aromatic heterocycles. The van der Waals surface area contributed by atoms with Crippen molar-refractivity contribution in [1.29, 1.82) is 0 Å². The molecule has 0 saturated carbocycles. The summed E-state index contributed by atoms with van der Waals surface area (Å²) in [4.78, 5) is 33.1. The van der Waals surface area contributed by atoms with Crippen LogP contribution in [0.15, 0.2) is 64.8 Å². The molecule has 1 saturated heterocycles. The number of fused-ring (bicyclic) bond motifs is 1. The fraction of sp³-hybridized carbons (Fsp3) is 0.414. The lowest BCUT2D eigenvalue weighted by molar-refractivity contribution is -0.141. The molecule has 196 valence electrons. The second-order valence-corrected chi connectivity index (χ2v) is 11.3. The van der Waals surface area contributed by atoms with Crippen molar-refractivity contribution in [3.63, 3.8) is 0 Å². The van der Waals surface area contributed by atoms with Gasteiger partial charge in [-0.2, -0.15) is 0 Å². The van der Waals surface area contributed by atoms with Gasteiger partial charge in [0.1, 0.15) is 6.61 Å². The number of carbonyl (C=O) groups excluding carboxylic acids is 2. The molecule has 1 fully saturated rings. The molecule has 1 unspecified atom stereocenters. The minimum Gasteiger partial charge on any atom is -0.460 e. The Hall–Kier alpha value is -3.10. The normalized spacial score (nSPS) is 17.7. The third kappa shape index (κ3) is 6.25. The Morgan fingerprint density at radius 1 is 1.14 bits per heavy atom. The first kappa shape index (κ1) is 26.9. The molecule has 0 bridgehead atoms. The van der Waals surface area contributed by atoms with Gasteiger partial charge in [0.05, 0.1) is 23.9 Å². The zero-order chi connectivity index (χ0) is 26.6.